The molecule has 0 aromatic heterocycles. The molecule has 1 unspecified atom stereocenters. The summed E-state index contributed by atoms with van der Waals surface area (Å²) >= 11 is 0. The minimum absolute atomic E-state index is 0.200. The van der Waals surface area contributed by atoms with Gasteiger partial charge in [-0.15, -0.1) is 0 Å². The van der Waals surface area contributed by atoms with Crippen molar-refractivity contribution in [1.29, 1.82) is 0 Å². The van der Waals surface area contributed by atoms with E-state index in [-0.39, 0.29) is 5.97 Å². The normalized spacial score (nSPS) is 27.4. The van der Waals surface area contributed by atoms with Gasteiger partial charge in [0.1, 0.15) is 0 Å². The van der Waals surface area contributed by atoms with E-state index in [1.807, 2.05) is 0 Å². The number of likely N-dealkylation sites (tertiary alicyclic amines) is 1. The molecule has 1 N–H and O–H groups in total. The zero-order valence-electron chi connectivity index (χ0n) is 10.4. The summed E-state index contributed by atoms with van der Waals surface area (Å²) in [5, 5.41) is 10.4. The van der Waals surface area contributed by atoms with Crippen LogP contribution >= 0.6 is 0 Å². The van der Waals surface area contributed by atoms with Crippen LogP contribution in [0.4, 0.5) is 0 Å². The molecule has 4 nitrogen and oxygen atoms in total. The molecule has 1 aliphatic rings. The Balaban J connectivity index is 2.35. The van der Waals surface area contributed by atoms with Crippen LogP contribution in [0, 0.1) is 0 Å². The second kappa shape index (κ2) is 6.21. The highest BCUT2D eigenvalue weighted by Gasteiger charge is 2.29. The summed E-state index contributed by atoms with van der Waals surface area (Å²) in [6, 6.07) is 0. The number of hydrogen-bond acceptors (Lipinski definition) is 4. The Labute approximate surface area is 97.6 Å². The van der Waals surface area contributed by atoms with Crippen molar-refractivity contribution in [2.24, 2.45) is 0 Å². The van der Waals surface area contributed by atoms with Crippen molar-refractivity contribution in [2.45, 2.75) is 44.6 Å². The predicted molar refractivity (Wildman–Crippen MR) is 62.2 cm³/mol. The lowest BCUT2D eigenvalue weighted by Gasteiger charge is -2.26. The first-order valence-electron chi connectivity index (χ1n) is 6.12. The van der Waals surface area contributed by atoms with Gasteiger partial charge < -0.3 is 14.7 Å². The van der Waals surface area contributed by atoms with Gasteiger partial charge in [0.05, 0.1) is 12.2 Å². The van der Waals surface area contributed by atoms with E-state index in [1.165, 1.54) is 0 Å². The van der Waals surface area contributed by atoms with E-state index in [4.69, 9.17) is 4.74 Å². The number of carbonyl (C=O) groups excluding carboxylic acids is 1. The number of rotatable bonds is 4. The third kappa shape index (κ3) is 4.49. The quantitative estimate of drug-likeness (QED) is 0.735. The monoisotopic (exact) mass is 229 g/mol. The van der Waals surface area contributed by atoms with Crippen molar-refractivity contribution >= 4 is 5.97 Å². The van der Waals surface area contributed by atoms with Crippen LogP contribution in [0.15, 0.2) is 0 Å². The van der Waals surface area contributed by atoms with Gasteiger partial charge in [-0.25, -0.2) is 0 Å². The Hall–Kier alpha value is -0.610. The lowest BCUT2D eigenvalue weighted by Crippen LogP contribution is -2.31. The molecule has 94 valence electrons. The van der Waals surface area contributed by atoms with Crippen LogP contribution in [0.25, 0.3) is 0 Å². The first-order valence-corrected chi connectivity index (χ1v) is 6.12. The fourth-order valence-electron chi connectivity index (χ4n) is 2.13. The fourth-order valence-corrected chi connectivity index (χ4v) is 2.13. The molecule has 1 saturated heterocycles. The summed E-state index contributed by atoms with van der Waals surface area (Å²) in [7, 11) is 2.07. The third-order valence-electron chi connectivity index (χ3n) is 3.24. The van der Waals surface area contributed by atoms with Gasteiger partial charge in [-0.2, -0.15) is 0 Å². The van der Waals surface area contributed by atoms with E-state index in [0.717, 1.165) is 32.4 Å². The standard InChI is InChI=1S/C12H23NO3/c1-3-16-11(14)5-7-12(15)6-4-9-13(2)10-8-12/h15H,3-10H2,1-2H3. The summed E-state index contributed by atoms with van der Waals surface area (Å²) in [4.78, 5) is 13.5. The second-order valence-electron chi connectivity index (χ2n) is 4.69. The average Bonchev–Trinajstić information content (AvgIpc) is 2.40. The van der Waals surface area contributed by atoms with Gasteiger partial charge in [0.25, 0.3) is 0 Å². The molecule has 0 bridgehead atoms. The van der Waals surface area contributed by atoms with Gasteiger partial charge in [-0.3, -0.25) is 4.79 Å². The Kier molecular flexibility index (Phi) is 5.22. The summed E-state index contributed by atoms with van der Waals surface area (Å²) in [5.74, 6) is -0.200. The molecule has 0 aromatic carbocycles. The topological polar surface area (TPSA) is 49.8 Å². The molecule has 1 heterocycles. The van der Waals surface area contributed by atoms with E-state index < -0.39 is 5.60 Å². The zero-order chi connectivity index (χ0) is 12.0. The molecule has 0 spiro atoms. The molecule has 0 saturated carbocycles. The van der Waals surface area contributed by atoms with E-state index in [1.54, 1.807) is 6.92 Å². The molecule has 1 aliphatic heterocycles. The first-order chi connectivity index (χ1) is 7.56. The van der Waals surface area contributed by atoms with Crippen molar-refractivity contribution in [3.05, 3.63) is 0 Å². The van der Waals surface area contributed by atoms with Crippen molar-refractivity contribution in [1.82, 2.24) is 4.90 Å². The smallest absolute Gasteiger partial charge is 0.305 e. The average molecular weight is 229 g/mol. The highest BCUT2D eigenvalue weighted by Crippen LogP contribution is 2.26. The molecule has 1 fully saturated rings. The van der Waals surface area contributed by atoms with Gasteiger partial charge >= 0.3 is 5.97 Å². The van der Waals surface area contributed by atoms with E-state index >= 15 is 0 Å². The molecule has 4 heteroatoms. The Morgan fingerprint density at radius 3 is 2.88 bits per heavy atom. The maximum absolute atomic E-state index is 11.2. The molecule has 0 amide bonds. The van der Waals surface area contributed by atoms with Crippen LogP contribution in [0.3, 0.4) is 0 Å². The molecule has 16 heavy (non-hydrogen) atoms. The SMILES string of the molecule is CCOC(=O)CCC1(O)CCCN(C)CC1. The molecule has 0 radical (unpaired) electrons. The molecule has 1 atom stereocenters. The Morgan fingerprint density at radius 2 is 2.19 bits per heavy atom. The minimum atomic E-state index is -0.669. The van der Waals surface area contributed by atoms with Crippen molar-refractivity contribution in [3.8, 4) is 0 Å². The largest absolute Gasteiger partial charge is 0.466 e. The van der Waals surface area contributed by atoms with Gasteiger partial charge in [0.15, 0.2) is 0 Å². The second-order valence-corrected chi connectivity index (χ2v) is 4.69. The van der Waals surface area contributed by atoms with Crippen LogP contribution in [0.1, 0.15) is 39.0 Å². The lowest BCUT2D eigenvalue weighted by atomic mass is 9.90. The van der Waals surface area contributed by atoms with E-state index in [0.29, 0.717) is 19.4 Å². The number of carbonyl (C=O) groups is 1. The zero-order valence-corrected chi connectivity index (χ0v) is 10.4. The number of ether oxygens (including phenoxy) is 1. The maximum atomic E-state index is 11.2. The maximum Gasteiger partial charge on any atom is 0.305 e. The van der Waals surface area contributed by atoms with Gasteiger partial charge in [-0.1, -0.05) is 0 Å². The first kappa shape index (κ1) is 13.5. The highest BCUT2D eigenvalue weighted by molar-refractivity contribution is 5.69. The molecule has 0 aliphatic carbocycles. The number of esters is 1. The van der Waals surface area contributed by atoms with E-state index in [9.17, 15) is 9.90 Å². The molecular formula is C12H23NO3. The lowest BCUT2D eigenvalue weighted by molar-refractivity contribution is -0.144. The Bertz CT molecular complexity index is 232. The number of hydrogen-bond donors (Lipinski definition) is 1. The summed E-state index contributed by atoms with van der Waals surface area (Å²) in [5.41, 5.74) is -0.669. The fraction of sp³-hybridized carbons (Fsp3) is 0.917. The minimum Gasteiger partial charge on any atom is -0.466 e. The number of aliphatic hydroxyl groups is 1. The number of nitrogens with zero attached hydrogens (tertiary/aromatic N) is 1. The van der Waals surface area contributed by atoms with Crippen LogP contribution in [0.2, 0.25) is 0 Å². The van der Waals surface area contributed by atoms with Crippen molar-refractivity contribution in [2.75, 3.05) is 26.7 Å². The van der Waals surface area contributed by atoms with Crippen LogP contribution in [-0.4, -0.2) is 48.3 Å². The Morgan fingerprint density at radius 1 is 1.44 bits per heavy atom. The molecule has 0 aromatic rings. The van der Waals surface area contributed by atoms with Crippen molar-refractivity contribution < 1.29 is 14.6 Å². The van der Waals surface area contributed by atoms with Gasteiger partial charge in [0.2, 0.25) is 0 Å². The summed E-state index contributed by atoms with van der Waals surface area (Å²) in [6.07, 6.45) is 3.39. The predicted octanol–water partition coefficient (Wildman–Crippen LogP) is 1.18. The van der Waals surface area contributed by atoms with Gasteiger partial charge in [-0.05, 0) is 46.2 Å². The van der Waals surface area contributed by atoms with Crippen LogP contribution in [0.5, 0.6) is 0 Å². The molecular weight excluding hydrogens is 206 g/mol. The van der Waals surface area contributed by atoms with E-state index in [2.05, 4.69) is 11.9 Å². The molecule has 1 rings (SSSR count). The third-order valence-corrected chi connectivity index (χ3v) is 3.24. The van der Waals surface area contributed by atoms with Crippen molar-refractivity contribution in [3.63, 3.8) is 0 Å². The van der Waals surface area contributed by atoms with Gasteiger partial charge in [0, 0.05) is 13.0 Å². The highest BCUT2D eigenvalue weighted by atomic mass is 16.5. The summed E-state index contributed by atoms with van der Waals surface area (Å²) in [6.45, 7) is 4.15. The van der Waals surface area contributed by atoms with Crippen LogP contribution < -0.4 is 0 Å². The van der Waals surface area contributed by atoms with Crippen LogP contribution in [-0.2, 0) is 9.53 Å². The summed E-state index contributed by atoms with van der Waals surface area (Å²) < 4.78 is 4.87.